The molecule has 0 saturated heterocycles. The van der Waals surface area contributed by atoms with Gasteiger partial charge in [0.1, 0.15) is 35.5 Å². The third-order valence-electron chi connectivity index (χ3n) is 7.53. The first-order valence-electron chi connectivity index (χ1n) is 14.6. The number of methoxy groups -OCH3 is 2. The molecule has 0 saturated carbocycles. The van der Waals surface area contributed by atoms with Crippen molar-refractivity contribution in [1.29, 1.82) is 0 Å². The average molecular weight is 602 g/mol. The van der Waals surface area contributed by atoms with Crippen molar-refractivity contribution in [2.24, 2.45) is 0 Å². The lowest BCUT2D eigenvalue weighted by molar-refractivity contribution is -0.137. The number of amides is 2. The number of unbranched alkanes of at least 4 members (excludes halogenated alkanes) is 1. The summed E-state index contributed by atoms with van der Waals surface area (Å²) in [6, 6.07) is 17.4. The van der Waals surface area contributed by atoms with Crippen molar-refractivity contribution in [1.82, 2.24) is 15.2 Å². The van der Waals surface area contributed by atoms with Crippen LogP contribution in [0.3, 0.4) is 0 Å². The van der Waals surface area contributed by atoms with Crippen LogP contribution >= 0.6 is 0 Å². The zero-order valence-corrected chi connectivity index (χ0v) is 25.4. The summed E-state index contributed by atoms with van der Waals surface area (Å²) < 4.78 is 12.8. The highest BCUT2D eigenvalue weighted by Gasteiger charge is 2.29. The van der Waals surface area contributed by atoms with Crippen LogP contribution in [0.5, 0.6) is 17.2 Å². The minimum atomic E-state index is -1.10. The van der Waals surface area contributed by atoms with Gasteiger partial charge in [-0.05, 0) is 60.9 Å². The molecule has 0 fully saturated rings. The smallest absolute Gasteiger partial charge is 0.323 e. The molecule has 44 heavy (non-hydrogen) atoms. The standard InChI is InChI=1S/C34H39N3O7/c1-5-6-10-25(32-29(43-3)16-21(2)17-30(32)44-4)35-33(41)26(18-22-12-14-24(38)15-13-22)36-34(42)28-19-23-9-7-8-11-27(23)37(28)20-31(39)40/h7-9,11-17,19,25-26,38H,5-6,10,18,20H2,1-4H3,(H,35,41)(H,36,42)(H,39,40). The quantitative estimate of drug-likeness (QED) is 0.157. The van der Waals surface area contributed by atoms with Crippen LogP contribution in [0.25, 0.3) is 10.9 Å². The van der Waals surface area contributed by atoms with Gasteiger partial charge in [0.2, 0.25) is 5.91 Å². The fourth-order valence-electron chi connectivity index (χ4n) is 5.40. The minimum absolute atomic E-state index is 0.0789. The summed E-state index contributed by atoms with van der Waals surface area (Å²) in [5, 5.41) is 26.1. The highest BCUT2D eigenvalue weighted by Crippen LogP contribution is 2.38. The van der Waals surface area contributed by atoms with Gasteiger partial charge in [-0.1, -0.05) is 50.1 Å². The van der Waals surface area contributed by atoms with Crippen molar-refractivity contribution >= 4 is 28.7 Å². The van der Waals surface area contributed by atoms with E-state index in [2.05, 4.69) is 17.6 Å². The Morgan fingerprint density at radius 1 is 0.932 bits per heavy atom. The maximum absolute atomic E-state index is 14.1. The van der Waals surface area contributed by atoms with Crippen LogP contribution in [-0.2, 0) is 22.6 Å². The highest BCUT2D eigenvalue weighted by atomic mass is 16.5. The molecule has 0 aliphatic carbocycles. The number of aliphatic carboxylic acids is 1. The molecule has 3 aromatic carbocycles. The van der Waals surface area contributed by atoms with Crippen LogP contribution in [-0.4, -0.2) is 52.8 Å². The second-order valence-electron chi connectivity index (χ2n) is 10.8. The zero-order valence-electron chi connectivity index (χ0n) is 25.4. The second kappa shape index (κ2) is 14.5. The molecule has 4 aromatic rings. The Morgan fingerprint density at radius 2 is 1.59 bits per heavy atom. The van der Waals surface area contributed by atoms with E-state index < -0.39 is 36.4 Å². The highest BCUT2D eigenvalue weighted by molar-refractivity contribution is 6.01. The molecule has 0 spiro atoms. The number of carbonyl (C=O) groups excluding carboxylic acids is 2. The molecule has 0 bridgehead atoms. The average Bonchev–Trinajstić information content (AvgIpc) is 3.37. The number of nitrogens with one attached hydrogen (secondary N) is 2. The summed E-state index contributed by atoms with van der Waals surface area (Å²) in [7, 11) is 3.14. The van der Waals surface area contributed by atoms with Crippen LogP contribution in [0.15, 0.2) is 66.7 Å². The summed E-state index contributed by atoms with van der Waals surface area (Å²) in [5.74, 6) is -0.870. The summed E-state index contributed by atoms with van der Waals surface area (Å²) in [4.78, 5) is 39.5. The minimum Gasteiger partial charge on any atom is -0.508 e. The molecule has 2 amide bonds. The molecule has 10 heteroatoms. The molecule has 10 nitrogen and oxygen atoms in total. The van der Waals surface area contributed by atoms with Gasteiger partial charge in [-0.2, -0.15) is 0 Å². The summed E-state index contributed by atoms with van der Waals surface area (Å²) in [5.41, 5.74) is 3.08. The van der Waals surface area contributed by atoms with Gasteiger partial charge in [0.25, 0.3) is 5.91 Å². The molecule has 4 N–H and O–H groups in total. The van der Waals surface area contributed by atoms with Crippen molar-refractivity contribution in [3.63, 3.8) is 0 Å². The van der Waals surface area contributed by atoms with E-state index in [1.54, 1.807) is 56.7 Å². The number of nitrogens with zero attached hydrogens (tertiary/aromatic N) is 1. The summed E-state index contributed by atoms with van der Waals surface area (Å²) >= 11 is 0. The van der Waals surface area contributed by atoms with Crippen LogP contribution in [0.4, 0.5) is 0 Å². The second-order valence-corrected chi connectivity index (χ2v) is 10.8. The lowest BCUT2D eigenvalue weighted by Gasteiger charge is -2.27. The Balaban J connectivity index is 1.71. The predicted molar refractivity (Wildman–Crippen MR) is 167 cm³/mol. The number of rotatable bonds is 14. The molecule has 1 heterocycles. The van der Waals surface area contributed by atoms with Gasteiger partial charge in [-0.15, -0.1) is 0 Å². The first kappa shape index (κ1) is 31.9. The lowest BCUT2D eigenvalue weighted by Crippen LogP contribution is -2.49. The number of aryl methyl sites for hydroxylation is 1. The normalized spacial score (nSPS) is 12.4. The molecule has 0 aliphatic rings. The number of aromatic nitrogens is 1. The van der Waals surface area contributed by atoms with Gasteiger partial charge >= 0.3 is 5.97 Å². The number of phenolic OH excluding ortho intramolecular Hbond substituents is 1. The number of carboxylic acids is 1. The van der Waals surface area contributed by atoms with Crippen LogP contribution in [0, 0.1) is 6.92 Å². The van der Waals surface area contributed by atoms with Crippen LogP contribution in [0.2, 0.25) is 0 Å². The number of benzene rings is 3. The molecule has 2 atom stereocenters. The number of carbonyl (C=O) groups is 3. The first-order chi connectivity index (χ1) is 21.1. The summed E-state index contributed by atoms with van der Waals surface area (Å²) in [6.07, 6.45) is 2.44. The maximum atomic E-state index is 14.1. The van der Waals surface area contributed by atoms with Crippen LogP contribution in [0.1, 0.15) is 59.4 Å². The van der Waals surface area contributed by atoms with Gasteiger partial charge in [-0.3, -0.25) is 14.4 Å². The SMILES string of the molecule is CCCCC(NC(=O)C(Cc1ccc(O)cc1)NC(=O)c1cc2ccccc2n1CC(=O)O)c1c(OC)cc(C)cc1OC. The van der Waals surface area contributed by atoms with E-state index in [0.717, 1.165) is 18.4 Å². The Hall–Kier alpha value is -4.99. The number of para-hydroxylation sites is 1. The Labute approximate surface area is 256 Å². The number of ether oxygens (including phenoxy) is 2. The largest absolute Gasteiger partial charge is 0.508 e. The molecular formula is C34H39N3O7. The van der Waals surface area contributed by atoms with E-state index in [-0.39, 0.29) is 17.9 Å². The van der Waals surface area contributed by atoms with Gasteiger partial charge in [0, 0.05) is 17.3 Å². The number of aromatic hydroxyl groups is 1. The molecule has 1 aromatic heterocycles. The molecule has 2 unspecified atom stereocenters. The first-order valence-corrected chi connectivity index (χ1v) is 14.6. The number of phenols is 1. The Kier molecular flexibility index (Phi) is 10.5. The number of hydrogen-bond donors (Lipinski definition) is 4. The molecule has 4 rings (SSSR count). The van der Waals surface area contributed by atoms with Gasteiger partial charge in [0.15, 0.2) is 0 Å². The molecule has 0 radical (unpaired) electrons. The molecular weight excluding hydrogens is 562 g/mol. The number of hydrogen-bond acceptors (Lipinski definition) is 6. The van der Waals surface area contributed by atoms with Crippen molar-refractivity contribution in [3.05, 3.63) is 89.1 Å². The van der Waals surface area contributed by atoms with Crippen molar-refractivity contribution < 1.29 is 34.1 Å². The molecule has 232 valence electrons. The third-order valence-corrected chi connectivity index (χ3v) is 7.53. The predicted octanol–water partition coefficient (Wildman–Crippen LogP) is 5.15. The van der Waals surface area contributed by atoms with Gasteiger partial charge in [0.05, 0.1) is 25.8 Å². The van der Waals surface area contributed by atoms with E-state index in [9.17, 15) is 24.6 Å². The number of fused-ring (bicyclic) bond motifs is 1. The van der Waals surface area contributed by atoms with E-state index in [1.807, 2.05) is 19.1 Å². The summed E-state index contributed by atoms with van der Waals surface area (Å²) in [6.45, 7) is 3.57. The lowest BCUT2D eigenvalue weighted by atomic mass is 9.96. The van der Waals surface area contributed by atoms with Crippen molar-refractivity contribution in [3.8, 4) is 17.2 Å². The van der Waals surface area contributed by atoms with E-state index in [1.165, 1.54) is 16.7 Å². The van der Waals surface area contributed by atoms with Crippen molar-refractivity contribution in [2.45, 2.75) is 58.2 Å². The van der Waals surface area contributed by atoms with Gasteiger partial charge in [-0.25, -0.2) is 0 Å². The zero-order chi connectivity index (χ0) is 31.8. The van der Waals surface area contributed by atoms with E-state index in [0.29, 0.717) is 39.9 Å². The monoisotopic (exact) mass is 601 g/mol. The topological polar surface area (TPSA) is 139 Å². The van der Waals surface area contributed by atoms with Crippen molar-refractivity contribution in [2.75, 3.05) is 14.2 Å². The Morgan fingerprint density at radius 3 is 2.20 bits per heavy atom. The van der Waals surface area contributed by atoms with Crippen LogP contribution < -0.4 is 20.1 Å². The van der Waals surface area contributed by atoms with Gasteiger partial charge < -0.3 is 34.9 Å². The van der Waals surface area contributed by atoms with E-state index >= 15 is 0 Å². The van der Waals surface area contributed by atoms with E-state index in [4.69, 9.17) is 9.47 Å². The molecule has 0 aliphatic heterocycles. The fraction of sp³-hybridized carbons (Fsp3) is 0.324. The Bertz CT molecular complexity index is 1600. The third kappa shape index (κ3) is 7.50. The number of carboxylic acid groups (broad SMARTS) is 1. The maximum Gasteiger partial charge on any atom is 0.323 e. The fourth-order valence-corrected chi connectivity index (χ4v) is 5.40.